The zero-order chi connectivity index (χ0) is 11.4. The highest BCUT2D eigenvalue weighted by molar-refractivity contribution is 5.44. The molecule has 1 atom stereocenters. The quantitative estimate of drug-likeness (QED) is 0.838. The molecular formula is C11H14F2O2. The fourth-order valence-electron chi connectivity index (χ4n) is 1.47. The molecule has 0 heterocycles. The maximum atomic E-state index is 12.6. The van der Waals surface area contributed by atoms with Gasteiger partial charge in [-0.3, -0.25) is 0 Å². The molecule has 0 saturated heterocycles. The molecule has 0 aliphatic heterocycles. The fourth-order valence-corrected chi connectivity index (χ4v) is 1.47. The van der Waals surface area contributed by atoms with Gasteiger partial charge >= 0.3 is 0 Å². The topological polar surface area (TPSA) is 29.5 Å². The van der Waals surface area contributed by atoms with Gasteiger partial charge < -0.3 is 9.84 Å². The zero-order valence-electron chi connectivity index (χ0n) is 8.71. The summed E-state index contributed by atoms with van der Waals surface area (Å²) in [7, 11) is 1.36. The van der Waals surface area contributed by atoms with Gasteiger partial charge in [0.15, 0.2) is 0 Å². The van der Waals surface area contributed by atoms with Crippen molar-refractivity contribution in [2.24, 2.45) is 0 Å². The minimum atomic E-state index is -2.56. The molecule has 0 spiro atoms. The van der Waals surface area contributed by atoms with Crippen molar-refractivity contribution in [2.75, 3.05) is 13.7 Å². The first-order valence-electron chi connectivity index (χ1n) is 4.67. The summed E-state index contributed by atoms with van der Waals surface area (Å²) in [4.78, 5) is 0. The molecule has 4 heteroatoms. The molecule has 1 N–H and O–H groups in total. The van der Waals surface area contributed by atoms with E-state index in [1.807, 2.05) is 0 Å². The summed E-state index contributed by atoms with van der Waals surface area (Å²) in [5.74, 6) is -0.0345. The summed E-state index contributed by atoms with van der Waals surface area (Å²) in [6.07, 6.45) is -2.56. The highest BCUT2D eigenvalue weighted by Gasteiger charge is 2.19. The number of para-hydroxylation sites is 1. The van der Waals surface area contributed by atoms with E-state index in [0.29, 0.717) is 5.56 Å². The standard InChI is InChI=1S/C11H14F2O2/c1-7(6-14)8-4-3-5-9(11(12)13)10(8)15-2/h3-5,7,11,14H,6H2,1-2H3. The third-order valence-corrected chi connectivity index (χ3v) is 2.32. The lowest BCUT2D eigenvalue weighted by Crippen LogP contribution is -2.04. The normalized spacial score (nSPS) is 12.9. The van der Waals surface area contributed by atoms with E-state index < -0.39 is 6.43 Å². The van der Waals surface area contributed by atoms with Crippen molar-refractivity contribution in [3.63, 3.8) is 0 Å². The monoisotopic (exact) mass is 216 g/mol. The summed E-state index contributed by atoms with van der Waals surface area (Å²) >= 11 is 0. The van der Waals surface area contributed by atoms with Gasteiger partial charge in [0, 0.05) is 12.5 Å². The predicted molar refractivity (Wildman–Crippen MR) is 53.5 cm³/mol. The minimum Gasteiger partial charge on any atom is -0.496 e. The summed E-state index contributed by atoms with van der Waals surface area (Å²) in [6.45, 7) is 1.66. The third kappa shape index (κ3) is 2.45. The molecule has 0 aromatic heterocycles. The Hall–Kier alpha value is -1.16. The van der Waals surface area contributed by atoms with Crippen molar-refractivity contribution < 1.29 is 18.6 Å². The number of hydrogen-bond acceptors (Lipinski definition) is 2. The van der Waals surface area contributed by atoms with Crippen LogP contribution in [0, 0.1) is 0 Å². The van der Waals surface area contributed by atoms with E-state index in [1.54, 1.807) is 19.1 Å². The molecule has 1 aromatic rings. The second kappa shape index (κ2) is 5.07. The molecule has 2 nitrogen and oxygen atoms in total. The molecule has 0 aliphatic rings. The summed E-state index contributed by atoms with van der Waals surface area (Å²) in [6, 6.07) is 4.56. The van der Waals surface area contributed by atoms with Crippen molar-refractivity contribution in [1.82, 2.24) is 0 Å². The maximum Gasteiger partial charge on any atom is 0.267 e. The Morgan fingerprint density at radius 2 is 1.93 bits per heavy atom. The molecule has 0 saturated carbocycles. The van der Waals surface area contributed by atoms with E-state index in [1.165, 1.54) is 13.2 Å². The number of alkyl halides is 2. The largest absolute Gasteiger partial charge is 0.496 e. The maximum absolute atomic E-state index is 12.6. The van der Waals surface area contributed by atoms with Crippen LogP contribution in [-0.2, 0) is 0 Å². The van der Waals surface area contributed by atoms with E-state index in [-0.39, 0.29) is 23.8 Å². The van der Waals surface area contributed by atoms with Crippen LogP contribution in [0.3, 0.4) is 0 Å². The number of methoxy groups -OCH3 is 1. The summed E-state index contributed by atoms with van der Waals surface area (Å²) in [5, 5.41) is 8.99. The molecule has 1 aromatic carbocycles. The molecule has 1 rings (SSSR count). The fraction of sp³-hybridized carbons (Fsp3) is 0.455. The first-order valence-corrected chi connectivity index (χ1v) is 4.67. The zero-order valence-corrected chi connectivity index (χ0v) is 8.71. The van der Waals surface area contributed by atoms with E-state index in [4.69, 9.17) is 9.84 Å². The Balaban J connectivity index is 3.22. The number of aliphatic hydroxyl groups excluding tert-OH is 1. The van der Waals surface area contributed by atoms with Gasteiger partial charge in [0.05, 0.1) is 12.7 Å². The molecule has 0 fully saturated rings. The van der Waals surface area contributed by atoms with Gasteiger partial charge in [0.2, 0.25) is 0 Å². The molecule has 0 bridgehead atoms. The highest BCUT2D eigenvalue weighted by Crippen LogP contribution is 2.35. The van der Waals surface area contributed by atoms with Crippen LogP contribution in [0.15, 0.2) is 18.2 Å². The lowest BCUT2D eigenvalue weighted by Gasteiger charge is -2.16. The van der Waals surface area contributed by atoms with E-state index in [9.17, 15) is 8.78 Å². The van der Waals surface area contributed by atoms with Crippen LogP contribution in [-0.4, -0.2) is 18.8 Å². The molecule has 0 amide bonds. The Morgan fingerprint density at radius 3 is 2.40 bits per heavy atom. The average molecular weight is 216 g/mol. The van der Waals surface area contributed by atoms with Gasteiger partial charge in [-0.15, -0.1) is 0 Å². The van der Waals surface area contributed by atoms with Gasteiger partial charge in [-0.25, -0.2) is 8.78 Å². The van der Waals surface area contributed by atoms with Gasteiger partial charge in [0.1, 0.15) is 5.75 Å². The number of ether oxygens (including phenoxy) is 1. The first-order chi connectivity index (χ1) is 7.11. The van der Waals surface area contributed by atoms with Crippen LogP contribution in [0.4, 0.5) is 8.78 Å². The number of aliphatic hydroxyl groups is 1. The van der Waals surface area contributed by atoms with Crippen LogP contribution in [0.25, 0.3) is 0 Å². The molecule has 0 aliphatic carbocycles. The Kier molecular flexibility index (Phi) is 4.03. The number of hydrogen-bond donors (Lipinski definition) is 1. The number of rotatable bonds is 4. The van der Waals surface area contributed by atoms with Gasteiger partial charge in [-0.05, 0) is 11.6 Å². The molecule has 84 valence electrons. The summed E-state index contributed by atoms with van der Waals surface area (Å²) < 4.78 is 30.2. The lowest BCUT2D eigenvalue weighted by molar-refractivity contribution is 0.146. The lowest BCUT2D eigenvalue weighted by atomic mass is 9.98. The van der Waals surface area contributed by atoms with Crippen LogP contribution >= 0.6 is 0 Å². The van der Waals surface area contributed by atoms with E-state index in [0.717, 1.165) is 0 Å². The minimum absolute atomic E-state index is 0.0942. The Morgan fingerprint density at radius 1 is 1.33 bits per heavy atom. The van der Waals surface area contributed by atoms with Gasteiger partial charge in [-0.2, -0.15) is 0 Å². The number of halogens is 2. The van der Waals surface area contributed by atoms with Crippen molar-refractivity contribution >= 4 is 0 Å². The van der Waals surface area contributed by atoms with Crippen LogP contribution in [0.1, 0.15) is 30.4 Å². The second-order valence-electron chi connectivity index (χ2n) is 3.35. The van der Waals surface area contributed by atoms with E-state index in [2.05, 4.69) is 0 Å². The van der Waals surface area contributed by atoms with Crippen LogP contribution in [0.2, 0.25) is 0 Å². The smallest absolute Gasteiger partial charge is 0.267 e. The predicted octanol–water partition coefficient (Wildman–Crippen LogP) is 2.73. The average Bonchev–Trinajstić information content (AvgIpc) is 2.26. The Bertz CT molecular complexity index is 326. The SMILES string of the molecule is COc1c(C(F)F)cccc1C(C)CO. The highest BCUT2D eigenvalue weighted by atomic mass is 19.3. The van der Waals surface area contributed by atoms with Crippen molar-refractivity contribution in [3.8, 4) is 5.75 Å². The molecule has 1 unspecified atom stereocenters. The molecule has 15 heavy (non-hydrogen) atoms. The van der Waals surface area contributed by atoms with Gasteiger partial charge in [-0.1, -0.05) is 19.1 Å². The van der Waals surface area contributed by atoms with Crippen molar-refractivity contribution in [1.29, 1.82) is 0 Å². The van der Waals surface area contributed by atoms with E-state index >= 15 is 0 Å². The first kappa shape index (κ1) is 11.9. The van der Waals surface area contributed by atoms with Crippen LogP contribution in [0.5, 0.6) is 5.75 Å². The third-order valence-electron chi connectivity index (χ3n) is 2.32. The second-order valence-corrected chi connectivity index (χ2v) is 3.35. The van der Waals surface area contributed by atoms with Crippen molar-refractivity contribution in [3.05, 3.63) is 29.3 Å². The Labute approximate surface area is 87.5 Å². The molecular weight excluding hydrogens is 202 g/mol. The van der Waals surface area contributed by atoms with Crippen LogP contribution < -0.4 is 4.74 Å². The number of benzene rings is 1. The van der Waals surface area contributed by atoms with Gasteiger partial charge in [0.25, 0.3) is 6.43 Å². The summed E-state index contributed by atoms with van der Waals surface area (Å²) in [5.41, 5.74) is 0.480. The molecule has 0 radical (unpaired) electrons. The van der Waals surface area contributed by atoms with Crippen molar-refractivity contribution in [2.45, 2.75) is 19.3 Å².